The van der Waals surface area contributed by atoms with Gasteiger partial charge in [0.05, 0.1) is 26.4 Å². The maximum Gasteiger partial charge on any atom is 0.191 e. The number of hydrogen-bond acceptors (Lipinski definition) is 5. The van der Waals surface area contributed by atoms with Crippen LogP contribution in [0.3, 0.4) is 0 Å². The van der Waals surface area contributed by atoms with E-state index in [1.54, 1.807) is 7.11 Å². The topological polar surface area (TPSA) is 61.4 Å². The summed E-state index contributed by atoms with van der Waals surface area (Å²) < 4.78 is 10.7. The summed E-state index contributed by atoms with van der Waals surface area (Å²) in [6.45, 7) is 13.7. The Hall–Kier alpha value is -0.160. The van der Waals surface area contributed by atoms with Crippen molar-refractivity contribution in [3.63, 3.8) is 0 Å². The zero-order valence-electron chi connectivity index (χ0n) is 16.7. The second-order valence-electron chi connectivity index (χ2n) is 6.92. The molecule has 8 heteroatoms. The SMILES string of the molecule is CCNC(=NCC(C)N1CCOCC1)NCC1CCCN1CCOC.I. The molecule has 2 aliphatic rings. The van der Waals surface area contributed by atoms with Crippen molar-refractivity contribution in [2.75, 3.05) is 72.7 Å². The van der Waals surface area contributed by atoms with Gasteiger partial charge in [0.2, 0.25) is 0 Å². The number of rotatable bonds is 9. The van der Waals surface area contributed by atoms with E-state index in [0.717, 1.165) is 65.0 Å². The van der Waals surface area contributed by atoms with Crippen LogP contribution < -0.4 is 10.6 Å². The number of aliphatic imine (C=N–C) groups is 1. The molecule has 2 heterocycles. The lowest BCUT2D eigenvalue weighted by Gasteiger charge is -2.31. The lowest BCUT2D eigenvalue weighted by Crippen LogP contribution is -2.47. The molecule has 0 aromatic rings. The van der Waals surface area contributed by atoms with Crippen molar-refractivity contribution in [3.05, 3.63) is 0 Å². The molecule has 2 N–H and O–H groups in total. The quantitative estimate of drug-likeness (QED) is 0.290. The standard InChI is InChI=1S/C18H37N5O2.HI/c1-4-19-18(20-14-16(2)22-9-12-25-13-10-22)21-15-17-6-5-7-23(17)8-11-24-3;/h16-17H,4-15H2,1-3H3,(H2,19,20,21);1H. The van der Waals surface area contributed by atoms with Crippen molar-refractivity contribution in [2.45, 2.75) is 38.8 Å². The van der Waals surface area contributed by atoms with Crippen LogP contribution in [0.2, 0.25) is 0 Å². The fraction of sp³-hybridized carbons (Fsp3) is 0.944. The first-order valence-electron chi connectivity index (χ1n) is 9.81. The van der Waals surface area contributed by atoms with E-state index >= 15 is 0 Å². The number of ether oxygens (including phenoxy) is 2. The van der Waals surface area contributed by atoms with Gasteiger partial charge in [-0.05, 0) is 33.2 Å². The first-order chi connectivity index (χ1) is 12.2. The average molecular weight is 483 g/mol. The van der Waals surface area contributed by atoms with Crippen LogP contribution in [0, 0.1) is 0 Å². The first kappa shape index (κ1) is 23.9. The maximum absolute atomic E-state index is 5.43. The van der Waals surface area contributed by atoms with Gasteiger partial charge in [-0.2, -0.15) is 0 Å². The van der Waals surface area contributed by atoms with Crippen molar-refractivity contribution in [1.82, 2.24) is 20.4 Å². The monoisotopic (exact) mass is 483 g/mol. The van der Waals surface area contributed by atoms with Gasteiger partial charge in [-0.15, -0.1) is 24.0 Å². The molecule has 2 rings (SSSR count). The summed E-state index contributed by atoms with van der Waals surface area (Å²) in [4.78, 5) is 9.79. The second kappa shape index (κ2) is 13.9. The molecule has 2 unspecified atom stereocenters. The highest BCUT2D eigenvalue weighted by atomic mass is 127. The van der Waals surface area contributed by atoms with E-state index < -0.39 is 0 Å². The number of nitrogens with one attached hydrogen (secondary N) is 2. The van der Waals surface area contributed by atoms with Crippen molar-refractivity contribution in [3.8, 4) is 0 Å². The minimum atomic E-state index is 0. The molecule has 0 spiro atoms. The van der Waals surface area contributed by atoms with Crippen LogP contribution >= 0.6 is 24.0 Å². The van der Waals surface area contributed by atoms with Crippen LogP contribution in [0.4, 0.5) is 0 Å². The Morgan fingerprint density at radius 1 is 1.27 bits per heavy atom. The van der Waals surface area contributed by atoms with Gasteiger partial charge in [-0.1, -0.05) is 0 Å². The van der Waals surface area contributed by atoms with Crippen LogP contribution in [-0.4, -0.2) is 101 Å². The average Bonchev–Trinajstić information content (AvgIpc) is 3.10. The van der Waals surface area contributed by atoms with E-state index in [9.17, 15) is 0 Å². The Balaban J connectivity index is 0.00000338. The molecule has 0 aromatic heterocycles. The van der Waals surface area contributed by atoms with E-state index in [1.165, 1.54) is 19.4 Å². The molecule has 0 bridgehead atoms. The Morgan fingerprint density at radius 2 is 2.04 bits per heavy atom. The maximum atomic E-state index is 5.43. The minimum Gasteiger partial charge on any atom is -0.383 e. The highest BCUT2D eigenvalue weighted by molar-refractivity contribution is 14.0. The van der Waals surface area contributed by atoms with Crippen molar-refractivity contribution >= 4 is 29.9 Å². The summed E-state index contributed by atoms with van der Waals surface area (Å²) in [5.74, 6) is 0.932. The van der Waals surface area contributed by atoms with Gasteiger partial charge in [0.15, 0.2) is 5.96 Å². The van der Waals surface area contributed by atoms with E-state index in [-0.39, 0.29) is 24.0 Å². The normalized spacial score (nSPS) is 23.5. The van der Waals surface area contributed by atoms with E-state index in [4.69, 9.17) is 14.5 Å². The molecule has 154 valence electrons. The third-order valence-electron chi connectivity index (χ3n) is 5.11. The molecule has 26 heavy (non-hydrogen) atoms. The van der Waals surface area contributed by atoms with Gasteiger partial charge in [0.25, 0.3) is 0 Å². The Labute approximate surface area is 176 Å². The number of halogens is 1. The third kappa shape index (κ3) is 8.24. The van der Waals surface area contributed by atoms with Gasteiger partial charge in [-0.3, -0.25) is 14.8 Å². The summed E-state index contributed by atoms with van der Waals surface area (Å²) in [5, 5.41) is 6.92. The lowest BCUT2D eigenvalue weighted by molar-refractivity contribution is 0.0220. The number of methoxy groups -OCH3 is 1. The van der Waals surface area contributed by atoms with Gasteiger partial charge < -0.3 is 20.1 Å². The highest BCUT2D eigenvalue weighted by Crippen LogP contribution is 2.15. The van der Waals surface area contributed by atoms with Crippen molar-refractivity contribution in [2.24, 2.45) is 4.99 Å². The predicted octanol–water partition coefficient (Wildman–Crippen LogP) is 0.991. The molecule has 7 nitrogen and oxygen atoms in total. The van der Waals surface area contributed by atoms with Crippen LogP contribution in [0.1, 0.15) is 26.7 Å². The van der Waals surface area contributed by atoms with Gasteiger partial charge in [0, 0.05) is 51.9 Å². The number of likely N-dealkylation sites (tertiary alicyclic amines) is 1. The summed E-state index contributed by atoms with van der Waals surface area (Å²) in [6, 6.07) is 1.03. The lowest BCUT2D eigenvalue weighted by atomic mass is 10.2. The molecule has 2 saturated heterocycles. The van der Waals surface area contributed by atoms with Crippen LogP contribution in [-0.2, 0) is 9.47 Å². The highest BCUT2D eigenvalue weighted by Gasteiger charge is 2.24. The molecular weight excluding hydrogens is 445 g/mol. The fourth-order valence-electron chi connectivity index (χ4n) is 3.54. The van der Waals surface area contributed by atoms with Crippen LogP contribution in [0.5, 0.6) is 0 Å². The molecular formula is C18H38IN5O2. The summed E-state index contributed by atoms with van der Waals surface area (Å²) in [5.41, 5.74) is 0. The van der Waals surface area contributed by atoms with Gasteiger partial charge in [-0.25, -0.2) is 0 Å². The molecule has 2 aliphatic heterocycles. The number of nitrogens with zero attached hydrogens (tertiary/aromatic N) is 3. The van der Waals surface area contributed by atoms with Crippen molar-refractivity contribution < 1.29 is 9.47 Å². The molecule has 0 saturated carbocycles. The second-order valence-corrected chi connectivity index (χ2v) is 6.92. The minimum absolute atomic E-state index is 0. The Bertz CT molecular complexity index is 394. The largest absolute Gasteiger partial charge is 0.383 e. The number of hydrogen-bond donors (Lipinski definition) is 2. The summed E-state index contributed by atoms with van der Waals surface area (Å²) in [7, 11) is 1.77. The van der Waals surface area contributed by atoms with Crippen LogP contribution in [0.15, 0.2) is 4.99 Å². The van der Waals surface area contributed by atoms with Gasteiger partial charge in [0.1, 0.15) is 0 Å². The predicted molar refractivity (Wildman–Crippen MR) is 118 cm³/mol. The van der Waals surface area contributed by atoms with Crippen LogP contribution in [0.25, 0.3) is 0 Å². The fourth-order valence-corrected chi connectivity index (χ4v) is 3.54. The van der Waals surface area contributed by atoms with E-state index in [2.05, 4.69) is 34.3 Å². The zero-order valence-corrected chi connectivity index (χ0v) is 19.0. The summed E-state index contributed by atoms with van der Waals surface area (Å²) >= 11 is 0. The summed E-state index contributed by atoms with van der Waals surface area (Å²) in [6.07, 6.45) is 2.53. The Kier molecular flexibility index (Phi) is 12.8. The smallest absolute Gasteiger partial charge is 0.191 e. The van der Waals surface area contributed by atoms with E-state index in [1.807, 2.05) is 0 Å². The number of guanidine groups is 1. The molecule has 0 amide bonds. The molecule has 2 fully saturated rings. The van der Waals surface area contributed by atoms with E-state index in [0.29, 0.717) is 12.1 Å². The first-order valence-corrected chi connectivity index (χ1v) is 9.81. The zero-order chi connectivity index (χ0) is 17.9. The number of morpholine rings is 1. The van der Waals surface area contributed by atoms with Gasteiger partial charge >= 0.3 is 0 Å². The molecule has 0 radical (unpaired) electrons. The molecule has 2 atom stereocenters. The molecule has 0 aromatic carbocycles. The molecule has 0 aliphatic carbocycles. The Morgan fingerprint density at radius 3 is 2.73 bits per heavy atom. The third-order valence-corrected chi connectivity index (χ3v) is 5.11. The van der Waals surface area contributed by atoms with Crippen molar-refractivity contribution in [1.29, 1.82) is 0 Å².